The summed E-state index contributed by atoms with van der Waals surface area (Å²) in [6, 6.07) is 24.7. The first kappa shape index (κ1) is 16.1. The highest BCUT2D eigenvalue weighted by Gasteiger charge is 2.21. The molecule has 0 radical (unpaired) electrons. The van der Waals surface area contributed by atoms with Gasteiger partial charge >= 0.3 is 5.96 Å². The lowest BCUT2D eigenvalue weighted by Gasteiger charge is -2.02. The minimum atomic E-state index is 0.704. The van der Waals surface area contributed by atoms with Gasteiger partial charge in [-0.3, -0.25) is 0 Å². The van der Waals surface area contributed by atoms with Crippen molar-refractivity contribution in [3.05, 3.63) is 94.2 Å². The van der Waals surface area contributed by atoms with Crippen LogP contribution in [0.15, 0.2) is 93.5 Å². The molecule has 1 aliphatic rings. The van der Waals surface area contributed by atoms with E-state index in [-0.39, 0.29) is 0 Å². The average molecular weight is 416 g/mol. The van der Waals surface area contributed by atoms with Gasteiger partial charge in [0, 0.05) is 16.7 Å². The van der Waals surface area contributed by atoms with E-state index in [0.717, 1.165) is 37.6 Å². The molecule has 0 N–H and O–H groups in total. The van der Waals surface area contributed by atoms with Crippen LogP contribution in [0.4, 0.5) is 5.69 Å². The van der Waals surface area contributed by atoms with Crippen molar-refractivity contribution in [3.63, 3.8) is 0 Å². The zero-order chi connectivity index (χ0) is 18.4. The first-order valence-electron chi connectivity index (χ1n) is 8.70. The molecule has 4 nitrogen and oxygen atoms in total. The van der Waals surface area contributed by atoms with Crippen LogP contribution in [0.25, 0.3) is 16.8 Å². The molecular formula is C22H16BrN4+. The number of hydrogen-bond donors (Lipinski definition) is 0. The summed E-state index contributed by atoms with van der Waals surface area (Å²) in [5, 5.41) is 2.03. The van der Waals surface area contributed by atoms with Gasteiger partial charge in [-0.15, -0.1) is 0 Å². The Balaban J connectivity index is 1.71. The molecule has 1 aliphatic heterocycles. The number of para-hydroxylation sites is 2. The Morgan fingerprint density at radius 1 is 0.963 bits per heavy atom. The van der Waals surface area contributed by atoms with Crippen molar-refractivity contribution in [3.8, 4) is 11.3 Å². The molecule has 27 heavy (non-hydrogen) atoms. The van der Waals surface area contributed by atoms with Crippen molar-refractivity contribution in [2.24, 2.45) is 9.98 Å². The van der Waals surface area contributed by atoms with Crippen molar-refractivity contribution < 1.29 is 0 Å². The molecular weight excluding hydrogens is 400 g/mol. The summed E-state index contributed by atoms with van der Waals surface area (Å²) in [4.78, 5) is 9.58. The normalized spacial score (nSPS) is 14.6. The SMILES string of the molecule is C[N+]1=c2ccccc2=N/C1=N\c1cc(-c2ccc(Br)cc2)n2ccccc12. The van der Waals surface area contributed by atoms with Crippen LogP contribution in [0.5, 0.6) is 0 Å². The minimum Gasteiger partial charge on any atom is -0.313 e. The van der Waals surface area contributed by atoms with Crippen molar-refractivity contribution in [2.45, 2.75) is 0 Å². The molecule has 0 aliphatic carbocycles. The topological polar surface area (TPSA) is 32.1 Å². The maximum absolute atomic E-state index is 4.89. The standard InChI is InChI=1S/C22H16BrN4/c1-26-19-7-3-2-6-17(19)24-22(26)25-18-14-21(15-9-11-16(23)12-10-15)27-13-5-4-8-20(18)27/h2-14H,1H3/q+1. The van der Waals surface area contributed by atoms with E-state index in [0.29, 0.717) is 5.96 Å². The highest BCUT2D eigenvalue weighted by Crippen LogP contribution is 2.32. The van der Waals surface area contributed by atoms with Gasteiger partial charge < -0.3 is 4.40 Å². The van der Waals surface area contributed by atoms with E-state index in [2.05, 4.69) is 74.0 Å². The number of benzene rings is 2. The van der Waals surface area contributed by atoms with Gasteiger partial charge in [-0.05, 0) is 42.0 Å². The fourth-order valence-electron chi connectivity index (χ4n) is 3.41. The molecule has 0 saturated carbocycles. The van der Waals surface area contributed by atoms with E-state index in [1.165, 1.54) is 0 Å². The van der Waals surface area contributed by atoms with E-state index < -0.39 is 0 Å². The molecule has 130 valence electrons. The summed E-state index contributed by atoms with van der Waals surface area (Å²) < 4.78 is 5.27. The molecule has 0 fully saturated rings. The average Bonchev–Trinajstić information content (AvgIpc) is 3.22. The van der Waals surface area contributed by atoms with Gasteiger partial charge in [0.1, 0.15) is 5.36 Å². The van der Waals surface area contributed by atoms with Gasteiger partial charge in [0.15, 0.2) is 11.0 Å². The second-order valence-electron chi connectivity index (χ2n) is 6.45. The highest BCUT2D eigenvalue weighted by molar-refractivity contribution is 9.10. The minimum absolute atomic E-state index is 0.704. The van der Waals surface area contributed by atoms with Gasteiger partial charge in [0.2, 0.25) is 0 Å². The van der Waals surface area contributed by atoms with Crippen LogP contribution < -0.4 is 15.3 Å². The van der Waals surface area contributed by atoms with E-state index >= 15 is 0 Å². The molecule has 0 bridgehead atoms. The molecule has 3 heterocycles. The first-order chi connectivity index (χ1) is 13.2. The number of pyridine rings is 1. The number of aliphatic imine (C=N–C) groups is 1. The van der Waals surface area contributed by atoms with E-state index in [1.54, 1.807) is 0 Å². The van der Waals surface area contributed by atoms with Crippen LogP contribution in [0, 0.1) is 0 Å². The lowest BCUT2D eigenvalue weighted by Crippen LogP contribution is -2.32. The Kier molecular flexibility index (Phi) is 3.76. The zero-order valence-electron chi connectivity index (χ0n) is 14.7. The molecule has 0 amide bonds. The third kappa shape index (κ3) is 2.71. The van der Waals surface area contributed by atoms with Gasteiger partial charge in [0.25, 0.3) is 0 Å². The van der Waals surface area contributed by atoms with Crippen molar-refractivity contribution in [1.82, 2.24) is 8.98 Å². The van der Waals surface area contributed by atoms with Crippen LogP contribution in [-0.2, 0) is 0 Å². The molecule has 0 spiro atoms. The summed E-state index contributed by atoms with van der Waals surface area (Å²) >= 11 is 3.51. The highest BCUT2D eigenvalue weighted by atomic mass is 79.9. The summed E-state index contributed by atoms with van der Waals surface area (Å²) in [7, 11) is 2.00. The predicted octanol–water partition coefficient (Wildman–Crippen LogP) is 3.81. The maximum atomic E-state index is 4.89. The predicted molar refractivity (Wildman–Crippen MR) is 112 cm³/mol. The molecule has 0 atom stereocenters. The number of fused-ring (bicyclic) bond motifs is 2. The lowest BCUT2D eigenvalue weighted by atomic mass is 10.1. The fourth-order valence-corrected chi connectivity index (χ4v) is 3.67. The first-order valence-corrected chi connectivity index (χ1v) is 9.49. The summed E-state index contributed by atoms with van der Waals surface area (Å²) in [6.45, 7) is 0. The summed E-state index contributed by atoms with van der Waals surface area (Å²) in [5.74, 6) is 0.704. The van der Waals surface area contributed by atoms with Crippen molar-refractivity contribution >= 4 is 33.1 Å². The number of rotatable bonds is 2. The van der Waals surface area contributed by atoms with E-state index in [1.807, 2.05) is 42.0 Å². The number of aromatic nitrogens is 1. The molecule has 5 rings (SSSR count). The Morgan fingerprint density at radius 3 is 2.56 bits per heavy atom. The largest absolute Gasteiger partial charge is 0.434 e. The molecule has 0 unspecified atom stereocenters. The Bertz CT molecular complexity index is 1330. The summed E-state index contributed by atoms with van der Waals surface area (Å²) in [6.07, 6.45) is 2.07. The monoisotopic (exact) mass is 415 g/mol. The van der Waals surface area contributed by atoms with Crippen LogP contribution in [0.3, 0.4) is 0 Å². The van der Waals surface area contributed by atoms with Crippen LogP contribution in [0.1, 0.15) is 0 Å². The fraction of sp³-hybridized carbons (Fsp3) is 0.0455. The molecule has 2 aromatic heterocycles. The van der Waals surface area contributed by atoms with Crippen molar-refractivity contribution in [2.75, 3.05) is 7.05 Å². The quantitative estimate of drug-likeness (QED) is 0.446. The van der Waals surface area contributed by atoms with E-state index in [9.17, 15) is 0 Å². The maximum Gasteiger partial charge on any atom is 0.434 e. The Hall–Kier alpha value is -3.05. The Labute approximate surface area is 164 Å². The molecule has 2 aromatic carbocycles. The summed E-state index contributed by atoms with van der Waals surface area (Å²) in [5.41, 5.74) is 4.22. The zero-order valence-corrected chi connectivity index (χ0v) is 16.3. The van der Waals surface area contributed by atoms with Gasteiger partial charge in [-0.1, -0.05) is 56.2 Å². The lowest BCUT2D eigenvalue weighted by molar-refractivity contribution is 0.949. The van der Waals surface area contributed by atoms with Crippen LogP contribution >= 0.6 is 15.9 Å². The van der Waals surface area contributed by atoms with Gasteiger partial charge in [-0.25, -0.2) is 4.58 Å². The number of halogens is 1. The van der Waals surface area contributed by atoms with Gasteiger partial charge in [-0.2, -0.15) is 0 Å². The molecule has 5 heteroatoms. The van der Waals surface area contributed by atoms with Crippen LogP contribution in [0.2, 0.25) is 0 Å². The Morgan fingerprint density at radius 2 is 1.74 bits per heavy atom. The number of hydrogen-bond acceptors (Lipinski definition) is 1. The second-order valence-corrected chi connectivity index (χ2v) is 7.36. The third-order valence-corrected chi connectivity index (χ3v) is 5.31. The number of nitrogens with zero attached hydrogens (tertiary/aromatic N) is 4. The van der Waals surface area contributed by atoms with Crippen molar-refractivity contribution in [1.29, 1.82) is 0 Å². The molecule has 0 saturated heterocycles. The van der Waals surface area contributed by atoms with Crippen LogP contribution in [-0.4, -0.2) is 17.4 Å². The number of guanidine groups is 1. The van der Waals surface area contributed by atoms with Gasteiger partial charge in [0.05, 0.1) is 18.3 Å². The smallest absolute Gasteiger partial charge is 0.313 e. The molecule has 4 aromatic rings. The second kappa shape index (κ2) is 6.28. The van der Waals surface area contributed by atoms with E-state index in [4.69, 9.17) is 4.99 Å². The third-order valence-electron chi connectivity index (χ3n) is 4.78.